The minimum absolute atomic E-state index is 0.114. The lowest BCUT2D eigenvalue weighted by Crippen LogP contribution is -2.02. The maximum atomic E-state index is 11.1. The molecule has 0 N–H and O–H groups in total. The normalized spacial score (nSPS) is 9.75. The first kappa shape index (κ1) is 12.8. The fourth-order valence-corrected chi connectivity index (χ4v) is 1.50. The summed E-state index contributed by atoms with van der Waals surface area (Å²) in [5.74, 6) is 0.342. The number of carbonyl (C=O) groups is 2. The van der Waals surface area contributed by atoms with E-state index < -0.39 is 10.5 Å². The fraction of sp³-hybridized carbons (Fsp3) is 0.200. The van der Waals surface area contributed by atoms with Crippen LogP contribution in [0.5, 0.6) is 11.5 Å². The van der Waals surface area contributed by atoms with Gasteiger partial charge < -0.3 is 9.47 Å². The first-order valence-electron chi connectivity index (χ1n) is 4.17. The number of hydrogen-bond donors (Lipinski definition) is 0. The van der Waals surface area contributed by atoms with Crippen molar-refractivity contribution in [3.8, 4) is 11.5 Å². The Hall–Kier alpha value is -1.26. The molecule has 0 aliphatic carbocycles. The van der Waals surface area contributed by atoms with E-state index in [1.807, 2.05) is 0 Å². The smallest absolute Gasteiger partial charge is 0.256 e. The van der Waals surface area contributed by atoms with Gasteiger partial charge in [-0.15, -0.1) is 0 Å². The predicted molar refractivity (Wildman–Crippen MR) is 59.9 cm³/mol. The molecule has 0 unspecified atom stereocenters. The summed E-state index contributed by atoms with van der Waals surface area (Å²) >= 11 is 10.7. The van der Waals surface area contributed by atoms with Gasteiger partial charge in [0.05, 0.1) is 25.3 Å². The first-order valence-corrected chi connectivity index (χ1v) is 4.92. The molecule has 0 atom stereocenters. The van der Waals surface area contributed by atoms with Crippen LogP contribution in [0.1, 0.15) is 20.7 Å². The van der Waals surface area contributed by atoms with Gasteiger partial charge in [-0.3, -0.25) is 9.59 Å². The Morgan fingerprint density at radius 3 is 1.44 bits per heavy atom. The van der Waals surface area contributed by atoms with Crippen molar-refractivity contribution < 1.29 is 19.1 Å². The molecule has 0 spiro atoms. The largest absolute Gasteiger partial charge is 0.496 e. The zero-order chi connectivity index (χ0) is 12.3. The van der Waals surface area contributed by atoms with E-state index in [1.165, 1.54) is 26.4 Å². The maximum Gasteiger partial charge on any atom is 0.256 e. The van der Waals surface area contributed by atoms with Crippen molar-refractivity contribution in [2.24, 2.45) is 0 Å². The molecule has 0 saturated heterocycles. The molecule has 0 aliphatic rings. The maximum absolute atomic E-state index is 11.1. The molecule has 0 amide bonds. The number of carbonyl (C=O) groups excluding carboxylic acids is 2. The quantitative estimate of drug-likeness (QED) is 0.783. The van der Waals surface area contributed by atoms with Crippen LogP contribution in [-0.4, -0.2) is 24.7 Å². The summed E-state index contributed by atoms with van der Waals surface area (Å²) in [4.78, 5) is 22.2. The van der Waals surface area contributed by atoms with Crippen LogP contribution in [0.25, 0.3) is 0 Å². The Kier molecular flexibility index (Phi) is 4.15. The molecule has 1 aromatic rings. The minimum Gasteiger partial charge on any atom is -0.496 e. The number of halogens is 2. The third kappa shape index (κ3) is 2.46. The van der Waals surface area contributed by atoms with Gasteiger partial charge in [-0.2, -0.15) is 0 Å². The summed E-state index contributed by atoms with van der Waals surface area (Å²) in [6, 6.07) is 2.62. The van der Waals surface area contributed by atoms with Gasteiger partial charge in [0.1, 0.15) is 11.5 Å². The van der Waals surface area contributed by atoms with Crippen molar-refractivity contribution in [3.05, 3.63) is 23.3 Å². The second-order valence-corrected chi connectivity index (χ2v) is 3.49. The molecular formula is C10H8Cl2O4. The van der Waals surface area contributed by atoms with Crippen molar-refractivity contribution in [2.75, 3.05) is 14.2 Å². The van der Waals surface area contributed by atoms with Crippen LogP contribution in [0.15, 0.2) is 12.1 Å². The zero-order valence-corrected chi connectivity index (χ0v) is 10.1. The first-order chi connectivity index (χ1) is 7.51. The SMILES string of the molecule is COc1cc(C(=O)Cl)c(OC)cc1C(=O)Cl. The highest BCUT2D eigenvalue weighted by Crippen LogP contribution is 2.30. The Labute approximate surface area is 102 Å². The highest BCUT2D eigenvalue weighted by molar-refractivity contribution is 6.69. The zero-order valence-electron chi connectivity index (χ0n) is 8.54. The highest BCUT2D eigenvalue weighted by Gasteiger charge is 2.18. The third-order valence-electron chi connectivity index (χ3n) is 1.95. The van der Waals surface area contributed by atoms with E-state index in [0.717, 1.165) is 0 Å². The number of methoxy groups -OCH3 is 2. The van der Waals surface area contributed by atoms with Gasteiger partial charge in [0.25, 0.3) is 10.5 Å². The Morgan fingerprint density at radius 2 is 1.25 bits per heavy atom. The summed E-state index contributed by atoms with van der Waals surface area (Å²) in [5.41, 5.74) is 0.227. The van der Waals surface area contributed by atoms with Gasteiger partial charge in [0, 0.05) is 0 Å². The molecule has 0 saturated carbocycles. The molecular weight excluding hydrogens is 255 g/mol. The molecule has 4 nitrogen and oxygen atoms in total. The molecule has 1 aromatic carbocycles. The predicted octanol–water partition coefficient (Wildman–Crippen LogP) is 2.46. The van der Waals surface area contributed by atoms with Crippen LogP contribution >= 0.6 is 23.2 Å². The second-order valence-electron chi connectivity index (χ2n) is 2.80. The molecule has 0 aromatic heterocycles. The van der Waals surface area contributed by atoms with Crippen molar-refractivity contribution >= 4 is 33.7 Å². The molecule has 16 heavy (non-hydrogen) atoms. The molecule has 6 heteroatoms. The van der Waals surface area contributed by atoms with Crippen molar-refractivity contribution in [3.63, 3.8) is 0 Å². The topological polar surface area (TPSA) is 52.6 Å². The molecule has 0 fully saturated rings. The Balaban J connectivity index is 3.46. The fourth-order valence-electron chi connectivity index (χ4n) is 1.20. The summed E-state index contributed by atoms with van der Waals surface area (Å²) < 4.78 is 9.85. The van der Waals surface area contributed by atoms with Gasteiger partial charge in [-0.05, 0) is 35.3 Å². The van der Waals surface area contributed by atoms with E-state index >= 15 is 0 Å². The third-order valence-corrected chi connectivity index (χ3v) is 2.35. The van der Waals surface area contributed by atoms with E-state index in [4.69, 9.17) is 32.7 Å². The van der Waals surface area contributed by atoms with Crippen LogP contribution in [-0.2, 0) is 0 Å². The molecule has 0 radical (unpaired) electrons. The summed E-state index contributed by atoms with van der Waals surface area (Å²) in [5, 5.41) is -1.41. The molecule has 0 aliphatic heterocycles. The van der Waals surface area contributed by atoms with Gasteiger partial charge in [-0.25, -0.2) is 0 Å². The van der Waals surface area contributed by atoms with Crippen LogP contribution in [0.4, 0.5) is 0 Å². The second kappa shape index (κ2) is 5.18. The Morgan fingerprint density at radius 1 is 0.938 bits per heavy atom. The van der Waals surface area contributed by atoms with Crippen molar-refractivity contribution in [2.45, 2.75) is 0 Å². The van der Waals surface area contributed by atoms with Crippen LogP contribution in [0.3, 0.4) is 0 Å². The van der Waals surface area contributed by atoms with Crippen LogP contribution < -0.4 is 9.47 Å². The monoisotopic (exact) mass is 262 g/mol. The van der Waals surface area contributed by atoms with E-state index in [-0.39, 0.29) is 22.6 Å². The molecule has 0 heterocycles. The highest BCUT2D eigenvalue weighted by atomic mass is 35.5. The molecule has 86 valence electrons. The summed E-state index contributed by atoms with van der Waals surface area (Å²) in [6.45, 7) is 0. The summed E-state index contributed by atoms with van der Waals surface area (Å²) in [7, 11) is 2.71. The lowest BCUT2D eigenvalue weighted by Gasteiger charge is -2.10. The van der Waals surface area contributed by atoms with E-state index in [2.05, 4.69) is 0 Å². The average Bonchev–Trinajstić information content (AvgIpc) is 2.26. The van der Waals surface area contributed by atoms with Gasteiger partial charge in [0.15, 0.2) is 0 Å². The van der Waals surface area contributed by atoms with Gasteiger partial charge in [-0.1, -0.05) is 0 Å². The molecule has 0 bridgehead atoms. The number of hydrogen-bond acceptors (Lipinski definition) is 4. The van der Waals surface area contributed by atoms with Gasteiger partial charge in [0.2, 0.25) is 0 Å². The lowest BCUT2D eigenvalue weighted by atomic mass is 10.1. The van der Waals surface area contributed by atoms with Crippen LogP contribution in [0.2, 0.25) is 0 Å². The minimum atomic E-state index is -0.705. The Bertz CT molecular complexity index is 401. The number of ether oxygens (including phenoxy) is 2. The van der Waals surface area contributed by atoms with Crippen LogP contribution in [0, 0.1) is 0 Å². The average molecular weight is 263 g/mol. The van der Waals surface area contributed by atoms with E-state index in [9.17, 15) is 9.59 Å². The number of benzene rings is 1. The van der Waals surface area contributed by atoms with Gasteiger partial charge >= 0.3 is 0 Å². The van der Waals surface area contributed by atoms with E-state index in [0.29, 0.717) is 0 Å². The number of rotatable bonds is 4. The van der Waals surface area contributed by atoms with E-state index in [1.54, 1.807) is 0 Å². The molecule has 1 rings (SSSR count). The van der Waals surface area contributed by atoms with Crippen molar-refractivity contribution in [1.82, 2.24) is 0 Å². The lowest BCUT2D eigenvalue weighted by molar-refractivity contribution is 0.106. The standard InChI is InChI=1S/C10H8Cl2O4/c1-15-7-3-6(10(12)14)8(16-2)4-5(7)9(11)13/h3-4H,1-2H3. The van der Waals surface area contributed by atoms with Crippen molar-refractivity contribution in [1.29, 1.82) is 0 Å². The summed E-state index contributed by atoms with van der Waals surface area (Å²) in [6.07, 6.45) is 0.